The Morgan fingerprint density at radius 1 is 0.316 bits per heavy atom. The van der Waals surface area contributed by atoms with Crippen LogP contribution in [-0.2, 0) is 0 Å². The molecule has 0 fully saturated rings. The monoisotopic (exact) mass is 747 g/mol. The summed E-state index contributed by atoms with van der Waals surface area (Å²) in [6.07, 6.45) is 0. The van der Waals surface area contributed by atoms with Gasteiger partial charge >= 0.3 is 0 Å². The predicted molar refractivity (Wildman–Crippen MR) is 240 cm³/mol. The van der Waals surface area contributed by atoms with Crippen molar-refractivity contribution >= 4 is 65.4 Å². The van der Waals surface area contributed by atoms with Crippen LogP contribution in [0.2, 0.25) is 0 Å². The van der Waals surface area contributed by atoms with Crippen LogP contribution in [0.1, 0.15) is 30.2 Å². The fraction of sp³-hybridized carbons (Fsp3) is 0. The Morgan fingerprint density at radius 2 is 0.737 bits per heavy atom. The molecule has 0 atom stereocenters. The minimum absolute atomic E-state index is 0.223. The van der Waals surface area contributed by atoms with Crippen molar-refractivity contribution in [3.63, 3.8) is 0 Å². The Balaban J connectivity index is 1.44. The molecule has 0 aliphatic carbocycles. The van der Waals surface area contributed by atoms with Gasteiger partial charge in [-0.15, -0.1) is 0 Å². The molecule has 0 spiro atoms. The summed E-state index contributed by atoms with van der Waals surface area (Å²) in [6.45, 7) is 0. The highest BCUT2D eigenvalue weighted by Crippen LogP contribution is 2.45. The van der Waals surface area contributed by atoms with Crippen molar-refractivity contribution in [1.82, 2.24) is 13.7 Å². The lowest BCUT2D eigenvalue weighted by Crippen LogP contribution is -2.04. The number of aromatic nitrogens is 3. The van der Waals surface area contributed by atoms with Crippen LogP contribution in [0.4, 0.5) is 0 Å². The molecule has 266 valence electrons. The van der Waals surface area contributed by atoms with Crippen molar-refractivity contribution in [2.75, 3.05) is 0 Å². The minimum atomic E-state index is -0.939. The van der Waals surface area contributed by atoms with Gasteiger partial charge in [-0.05, 0) is 53.4 Å². The van der Waals surface area contributed by atoms with Gasteiger partial charge in [-0.25, -0.2) is 0 Å². The Bertz CT molecular complexity index is 4660. The van der Waals surface area contributed by atoms with Crippen LogP contribution in [0.5, 0.6) is 0 Å². The van der Waals surface area contributed by atoms with Crippen LogP contribution in [0.25, 0.3) is 105 Å². The zero-order valence-corrected chi connectivity index (χ0v) is 29.3. The summed E-state index contributed by atoms with van der Waals surface area (Å²) in [5.74, 6) is 0. The Labute approximate surface area is 360 Å². The number of rotatable bonds is 5. The van der Waals surface area contributed by atoms with E-state index in [1.165, 1.54) is 4.57 Å². The molecule has 3 aromatic heterocycles. The van der Waals surface area contributed by atoms with E-state index in [1.54, 1.807) is 78.9 Å². The molecule has 0 aliphatic heterocycles. The van der Waals surface area contributed by atoms with Gasteiger partial charge in [-0.3, -0.25) is 0 Å². The minimum Gasteiger partial charge on any atom is -0.309 e. The van der Waals surface area contributed by atoms with Crippen LogP contribution in [-0.4, -0.2) is 13.7 Å². The van der Waals surface area contributed by atoms with E-state index in [2.05, 4.69) is 0 Å². The molecule has 9 aromatic carbocycles. The Morgan fingerprint density at radius 3 is 1.33 bits per heavy atom. The highest BCUT2D eigenvalue weighted by atomic mass is 15.1. The van der Waals surface area contributed by atoms with Crippen LogP contribution in [0, 0.1) is 0 Å². The van der Waals surface area contributed by atoms with E-state index in [0.29, 0.717) is 22.3 Å². The third-order valence-electron chi connectivity index (χ3n) is 10.3. The van der Waals surface area contributed by atoms with E-state index in [0.717, 1.165) is 9.13 Å². The fourth-order valence-electron chi connectivity index (χ4n) is 8.02. The van der Waals surface area contributed by atoms with E-state index < -0.39 is 188 Å². The molecule has 0 saturated heterocycles. The van der Waals surface area contributed by atoms with Gasteiger partial charge in [0.2, 0.25) is 0 Å². The first kappa shape index (κ1) is 17.0. The molecule has 0 bridgehead atoms. The molecule has 12 rings (SSSR count). The summed E-state index contributed by atoms with van der Waals surface area (Å²) in [7, 11) is 0. The van der Waals surface area contributed by atoms with Crippen LogP contribution >= 0.6 is 0 Å². The molecule has 0 amide bonds. The second-order valence-electron chi connectivity index (χ2n) is 13.2. The topological polar surface area (TPSA) is 14.8 Å². The number of hydrogen-bond donors (Lipinski definition) is 0. The molecule has 0 unspecified atom stereocenters. The van der Waals surface area contributed by atoms with Crippen molar-refractivity contribution < 1.29 is 30.2 Å². The van der Waals surface area contributed by atoms with E-state index in [1.807, 2.05) is 0 Å². The third-order valence-corrected chi connectivity index (χ3v) is 10.3. The molecule has 12 aromatic rings. The smallest absolute Gasteiger partial charge is 0.0782 e. The summed E-state index contributed by atoms with van der Waals surface area (Å²) in [5.41, 5.74) is -1.54. The summed E-state index contributed by atoms with van der Waals surface area (Å²) >= 11 is 0. The van der Waals surface area contributed by atoms with Gasteiger partial charge in [0, 0.05) is 43.4 Å². The molecule has 57 heavy (non-hydrogen) atoms. The quantitative estimate of drug-likeness (QED) is 0.167. The lowest BCUT2D eigenvalue weighted by Gasteiger charge is -2.21. The number of fused-ring (bicyclic) bond motifs is 9. The van der Waals surface area contributed by atoms with Crippen molar-refractivity contribution in [3.05, 3.63) is 212 Å². The second kappa shape index (κ2) is 12.5. The van der Waals surface area contributed by atoms with E-state index in [-0.39, 0.29) is 27.5 Å². The lowest BCUT2D eigenvalue weighted by atomic mass is 9.95. The molecule has 0 aliphatic rings. The molecular formula is C54H35N3. The van der Waals surface area contributed by atoms with Crippen molar-refractivity contribution in [3.8, 4) is 39.3 Å². The summed E-state index contributed by atoms with van der Waals surface area (Å²) in [5, 5.41) is -2.46. The van der Waals surface area contributed by atoms with Gasteiger partial charge in [0.05, 0.1) is 80.3 Å². The first-order chi connectivity index (χ1) is 37.5. The number of benzene rings is 9. The van der Waals surface area contributed by atoms with E-state index >= 15 is 0 Å². The summed E-state index contributed by atoms with van der Waals surface area (Å²) in [4.78, 5) is 0. The number of para-hydroxylation sites is 6. The average Bonchev–Trinajstić information content (AvgIpc) is 2.33. The highest BCUT2D eigenvalue weighted by Gasteiger charge is 2.25. The first-order valence-electron chi connectivity index (χ1n) is 28.8. The van der Waals surface area contributed by atoms with Crippen molar-refractivity contribution in [1.29, 1.82) is 0 Å². The van der Waals surface area contributed by atoms with Gasteiger partial charge in [-0.2, -0.15) is 0 Å². The Kier molecular flexibility index (Phi) is 3.72. The summed E-state index contributed by atoms with van der Waals surface area (Å²) in [6, 6.07) is 5.71. The van der Waals surface area contributed by atoms with Crippen molar-refractivity contribution in [2.24, 2.45) is 0 Å². The van der Waals surface area contributed by atoms with E-state index in [9.17, 15) is 16.4 Å². The van der Waals surface area contributed by atoms with Gasteiger partial charge in [0.15, 0.2) is 0 Å². The molecule has 3 heterocycles. The van der Waals surface area contributed by atoms with Crippen LogP contribution in [0.3, 0.4) is 0 Å². The molecular weight excluding hydrogens is 691 g/mol. The SMILES string of the molecule is [2H]c1c([2H])c([2H])c2c(c1[2H])c1c([2H])c([2H])c([2H])c(-n3c4c([2H])c([2H])c([2H])c([2H])c4c4c(-n5c6c([2H])c([2H])c([2H])c([2H])c6c6c([2H])c([2H])c([2H])c([2H])c65)c([2H])c([2H])c([2H])c43)c1n2-c1c(-c2ccccc2)cccc1-c1ccccc1. The number of hydrogen-bond acceptors (Lipinski definition) is 0. The van der Waals surface area contributed by atoms with Gasteiger partial charge in [0.1, 0.15) is 0 Å². The summed E-state index contributed by atoms with van der Waals surface area (Å²) < 4.78 is 209. The molecule has 0 radical (unpaired) electrons. The maximum Gasteiger partial charge on any atom is 0.0782 e. The Hall–Kier alpha value is -7.62. The van der Waals surface area contributed by atoms with Gasteiger partial charge in [-0.1, -0.05) is 169 Å². The molecule has 0 N–H and O–H groups in total. The molecule has 3 nitrogen and oxygen atoms in total. The van der Waals surface area contributed by atoms with Gasteiger partial charge < -0.3 is 13.7 Å². The molecule has 3 heteroatoms. The maximum atomic E-state index is 10.1. The standard InChI is InChI=1S/C54H35N3/c1-3-18-36(19-4-1)38-26-15-27-39(37-20-5-2-6-21-37)53(38)57-47-31-13-9-24-42(47)43-28-16-35-51(54(43)57)56-48-32-14-10-25-44(48)52-49(33-17-34-50(52)56)55-45-29-11-7-22-40(45)41-23-8-12-30-46(41)55/h1-35H/i7D,8D,9D,10D,11D,12D,13D,14D,16D,17D,22D,23D,24D,25D,28D,29D,30D,31D,32D,33D,34D,35D. The normalized spacial score (nSPS) is 17.3. The fourth-order valence-corrected chi connectivity index (χ4v) is 8.02. The predicted octanol–water partition coefficient (Wildman–Crippen LogP) is 14.3. The zero-order valence-electron chi connectivity index (χ0n) is 51.3. The van der Waals surface area contributed by atoms with Crippen molar-refractivity contribution in [2.45, 2.75) is 0 Å². The average molecular weight is 748 g/mol. The largest absolute Gasteiger partial charge is 0.309 e. The van der Waals surface area contributed by atoms with E-state index in [4.69, 9.17) is 13.7 Å². The molecule has 0 saturated carbocycles. The number of nitrogens with zero attached hydrogens (tertiary/aromatic N) is 3. The first-order valence-corrected chi connectivity index (χ1v) is 17.8. The second-order valence-corrected chi connectivity index (χ2v) is 13.2. The third kappa shape index (κ3) is 4.60. The van der Waals surface area contributed by atoms with Gasteiger partial charge in [0.25, 0.3) is 0 Å². The maximum absolute atomic E-state index is 10.1. The van der Waals surface area contributed by atoms with Crippen LogP contribution < -0.4 is 0 Å². The zero-order chi connectivity index (χ0) is 56.6. The highest BCUT2D eigenvalue weighted by molar-refractivity contribution is 6.19. The van der Waals surface area contributed by atoms with Crippen LogP contribution in [0.15, 0.2) is 212 Å². The lowest BCUT2D eigenvalue weighted by molar-refractivity contribution is 1.13.